The smallest absolute Gasteiger partial charge is 0.198 e. The maximum Gasteiger partial charge on any atom is 0.198 e. The third-order valence-corrected chi connectivity index (χ3v) is 2.18. The molecule has 0 amide bonds. The van der Waals surface area contributed by atoms with Crippen molar-refractivity contribution in [3.63, 3.8) is 0 Å². The van der Waals surface area contributed by atoms with Crippen LogP contribution in [0.1, 0.15) is 0 Å². The summed E-state index contributed by atoms with van der Waals surface area (Å²) >= 11 is 3.36. The van der Waals surface area contributed by atoms with Gasteiger partial charge in [0.1, 0.15) is 6.33 Å². The van der Waals surface area contributed by atoms with Gasteiger partial charge in [0.25, 0.3) is 0 Å². The Balaban J connectivity index is 2.83. The number of aromatic nitrogens is 3. The summed E-state index contributed by atoms with van der Waals surface area (Å²) in [6.07, 6.45) is 3.30. The molecular weight excluding hydrogens is 222 g/mol. The van der Waals surface area contributed by atoms with E-state index in [0.717, 1.165) is 4.47 Å². The maximum absolute atomic E-state index is 5.15. The molecule has 0 aromatic carbocycles. The molecule has 0 aliphatic carbocycles. The zero-order valence-electron chi connectivity index (χ0n) is 6.36. The Morgan fingerprint density at radius 1 is 1.58 bits per heavy atom. The Labute approximate surface area is 77.3 Å². The molecule has 0 spiro atoms. The Hall–Kier alpha value is -1.10. The lowest BCUT2D eigenvalue weighted by atomic mass is 10.4. The number of pyridine rings is 1. The molecule has 0 atom stereocenters. The highest BCUT2D eigenvalue weighted by Gasteiger charge is 2.06. The highest BCUT2D eigenvalue weighted by atomic mass is 79.9. The van der Waals surface area contributed by atoms with E-state index in [0.29, 0.717) is 11.4 Å². The fourth-order valence-electron chi connectivity index (χ4n) is 1.03. The second-order valence-corrected chi connectivity index (χ2v) is 3.08. The molecule has 2 aromatic rings. The van der Waals surface area contributed by atoms with Gasteiger partial charge in [-0.05, 0) is 22.0 Å². The van der Waals surface area contributed by atoms with Crippen molar-refractivity contribution in [1.29, 1.82) is 0 Å². The van der Waals surface area contributed by atoms with Crippen LogP contribution in [0.15, 0.2) is 23.1 Å². The predicted molar refractivity (Wildman–Crippen MR) is 47.2 cm³/mol. The second kappa shape index (κ2) is 2.75. The second-order valence-electron chi connectivity index (χ2n) is 2.23. The van der Waals surface area contributed by atoms with E-state index in [2.05, 4.69) is 26.0 Å². The Kier molecular flexibility index (Phi) is 1.73. The third-order valence-electron chi connectivity index (χ3n) is 1.56. The lowest BCUT2D eigenvalue weighted by Gasteiger charge is -2.02. The van der Waals surface area contributed by atoms with Crippen molar-refractivity contribution in [3.05, 3.63) is 23.1 Å². The first-order valence-electron chi connectivity index (χ1n) is 3.35. The molecule has 0 bridgehead atoms. The van der Waals surface area contributed by atoms with Gasteiger partial charge in [0.2, 0.25) is 0 Å². The number of nitrogens with zero attached hydrogens (tertiary/aromatic N) is 3. The molecule has 0 aliphatic rings. The topological polar surface area (TPSA) is 39.4 Å². The first kappa shape index (κ1) is 7.54. The van der Waals surface area contributed by atoms with Crippen molar-refractivity contribution in [2.75, 3.05) is 7.11 Å². The van der Waals surface area contributed by atoms with Crippen LogP contribution in [0, 0.1) is 0 Å². The summed E-state index contributed by atoms with van der Waals surface area (Å²) in [5.41, 5.74) is 0.715. The molecule has 5 heteroatoms. The average Bonchev–Trinajstić information content (AvgIpc) is 2.52. The first-order valence-corrected chi connectivity index (χ1v) is 4.14. The summed E-state index contributed by atoms with van der Waals surface area (Å²) in [5, 5.41) is 3.97. The third kappa shape index (κ3) is 0.972. The quantitative estimate of drug-likeness (QED) is 0.742. The van der Waals surface area contributed by atoms with Crippen LogP contribution in [0.5, 0.6) is 5.75 Å². The number of hydrogen-bond donors (Lipinski definition) is 0. The van der Waals surface area contributed by atoms with Crippen LogP contribution in [0.25, 0.3) is 5.65 Å². The summed E-state index contributed by atoms with van der Waals surface area (Å²) in [6, 6.07) is 1.86. The number of methoxy groups -OCH3 is 1. The van der Waals surface area contributed by atoms with Gasteiger partial charge in [-0.25, -0.2) is 9.50 Å². The molecule has 0 unspecified atom stereocenters. The molecule has 2 rings (SSSR count). The molecule has 0 N–H and O–H groups in total. The molecule has 12 heavy (non-hydrogen) atoms. The SMILES string of the molecule is COc1c(Br)ccn2ncnc12. The van der Waals surface area contributed by atoms with Crippen LogP contribution in [0.2, 0.25) is 0 Å². The van der Waals surface area contributed by atoms with Crippen LogP contribution >= 0.6 is 15.9 Å². The largest absolute Gasteiger partial charge is 0.492 e. The van der Waals surface area contributed by atoms with Gasteiger partial charge in [-0.15, -0.1) is 0 Å². The van der Waals surface area contributed by atoms with E-state index in [4.69, 9.17) is 4.74 Å². The zero-order chi connectivity index (χ0) is 8.55. The van der Waals surface area contributed by atoms with Crippen molar-refractivity contribution in [1.82, 2.24) is 14.6 Å². The van der Waals surface area contributed by atoms with Gasteiger partial charge in [-0.1, -0.05) is 0 Å². The summed E-state index contributed by atoms with van der Waals surface area (Å²) in [5.74, 6) is 0.704. The minimum Gasteiger partial charge on any atom is -0.492 e. The highest BCUT2D eigenvalue weighted by Crippen LogP contribution is 2.27. The first-order chi connectivity index (χ1) is 5.83. The molecule has 0 aliphatic heterocycles. The van der Waals surface area contributed by atoms with E-state index in [1.165, 1.54) is 6.33 Å². The molecule has 0 saturated carbocycles. The number of hydrogen-bond acceptors (Lipinski definition) is 3. The van der Waals surface area contributed by atoms with Gasteiger partial charge in [0, 0.05) is 6.20 Å². The van der Waals surface area contributed by atoms with Gasteiger partial charge < -0.3 is 4.74 Å². The molecule has 4 nitrogen and oxygen atoms in total. The number of rotatable bonds is 1. The molecule has 0 radical (unpaired) electrons. The maximum atomic E-state index is 5.15. The van der Waals surface area contributed by atoms with E-state index in [1.54, 1.807) is 11.6 Å². The molecule has 62 valence electrons. The normalized spacial score (nSPS) is 10.5. The predicted octanol–water partition coefficient (Wildman–Crippen LogP) is 1.50. The Morgan fingerprint density at radius 3 is 3.17 bits per heavy atom. The number of fused-ring (bicyclic) bond motifs is 1. The Morgan fingerprint density at radius 2 is 2.42 bits per heavy atom. The summed E-state index contributed by atoms with van der Waals surface area (Å²) in [6.45, 7) is 0. The molecule has 2 heterocycles. The summed E-state index contributed by atoms with van der Waals surface area (Å²) in [4.78, 5) is 4.05. The molecule has 0 fully saturated rings. The number of ether oxygens (including phenoxy) is 1. The van der Waals surface area contributed by atoms with Crippen molar-refractivity contribution in [2.24, 2.45) is 0 Å². The zero-order valence-corrected chi connectivity index (χ0v) is 7.95. The van der Waals surface area contributed by atoms with Crippen LogP contribution < -0.4 is 4.74 Å². The van der Waals surface area contributed by atoms with Crippen LogP contribution in [0.3, 0.4) is 0 Å². The molecule has 0 saturated heterocycles. The van der Waals surface area contributed by atoms with Crippen LogP contribution in [-0.4, -0.2) is 21.7 Å². The van der Waals surface area contributed by atoms with Crippen LogP contribution in [-0.2, 0) is 0 Å². The van der Waals surface area contributed by atoms with E-state index in [1.807, 2.05) is 12.3 Å². The van der Waals surface area contributed by atoms with Gasteiger partial charge in [-0.3, -0.25) is 0 Å². The molecular formula is C7H6BrN3O. The lowest BCUT2D eigenvalue weighted by molar-refractivity contribution is 0.414. The van der Waals surface area contributed by atoms with E-state index in [-0.39, 0.29) is 0 Å². The Bertz CT molecular complexity index is 412. The van der Waals surface area contributed by atoms with Crippen molar-refractivity contribution >= 4 is 21.6 Å². The van der Waals surface area contributed by atoms with Gasteiger partial charge in [-0.2, -0.15) is 5.10 Å². The van der Waals surface area contributed by atoms with Gasteiger partial charge in [0.15, 0.2) is 11.4 Å². The summed E-state index contributed by atoms with van der Waals surface area (Å²) in [7, 11) is 1.61. The van der Waals surface area contributed by atoms with E-state index < -0.39 is 0 Å². The van der Waals surface area contributed by atoms with Gasteiger partial charge in [0.05, 0.1) is 11.6 Å². The summed E-state index contributed by atoms with van der Waals surface area (Å²) < 4.78 is 7.68. The fourth-order valence-corrected chi connectivity index (χ4v) is 1.49. The fraction of sp³-hybridized carbons (Fsp3) is 0.143. The number of halogens is 1. The minimum absolute atomic E-state index is 0.704. The highest BCUT2D eigenvalue weighted by molar-refractivity contribution is 9.10. The minimum atomic E-state index is 0.704. The monoisotopic (exact) mass is 227 g/mol. The van der Waals surface area contributed by atoms with E-state index in [9.17, 15) is 0 Å². The van der Waals surface area contributed by atoms with Crippen molar-refractivity contribution in [3.8, 4) is 5.75 Å². The van der Waals surface area contributed by atoms with Gasteiger partial charge >= 0.3 is 0 Å². The van der Waals surface area contributed by atoms with Crippen molar-refractivity contribution in [2.45, 2.75) is 0 Å². The standard InChI is InChI=1S/C7H6BrN3O/c1-12-6-5(8)2-3-11-7(6)9-4-10-11/h2-4H,1H3. The van der Waals surface area contributed by atoms with Crippen molar-refractivity contribution < 1.29 is 4.74 Å². The van der Waals surface area contributed by atoms with Crippen LogP contribution in [0.4, 0.5) is 0 Å². The molecule has 2 aromatic heterocycles. The lowest BCUT2D eigenvalue weighted by Crippen LogP contribution is -1.92. The van der Waals surface area contributed by atoms with E-state index >= 15 is 0 Å². The average molecular weight is 228 g/mol.